The van der Waals surface area contributed by atoms with Gasteiger partial charge < -0.3 is 29.6 Å². The van der Waals surface area contributed by atoms with Crippen LogP contribution in [0.2, 0.25) is 0 Å². The number of hydrogen-bond acceptors (Lipinski definition) is 12. The summed E-state index contributed by atoms with van der Waals surface area (Å²) in [5.41, 5.74) is 3.18. The molecule has 1 saturated heterocycles. The second-order valence-corrected chi connectivity index (χ2v) is 15.2. The molecule has 4 aromatic rings. The van der Waals surface area contributed by atoms with E-state index in [4.69, 9.17) is 19.4 Å². The van der Waals surface area contributed by atoms with E-state index in [0.29, 0.717) is 57.0 Å². The monoisotopic (exact) mass is 717 g/mol. The lowest BCUT2D eigenvalue weighted by Crippen LogP contribution is -2.45. The van der Waals surface area contributed by atoms with Gasteiger partial charge in [-0.05, 0) is 72.5 Å². The van der Waals surface area contributed by atoms with Gasteiger partial charge in [-0.15, -0.1) is 0 Å². The molecule has 47 heavy (non-hydrogen) atoms. The predicted octanol–water partition coefficient (Wildman–Crippen LogP) is 6.41. The summed E-state index contributed by atoms with van der Waals surface area (Å²) >= 11 is 3.54. The van der Waals surface area contributed by atoms with Crippen LogP contribution in [0.1, 0.15) is 18.4 Å². The molecule has 242 valence electrons. The van der Waals surface area contributed by atoms with Crippen LogP contribution in [0, 0.1) is 0 Å². The first-order valence-corrected chi connectivity index (χ1v) is 18.2. The molecule has 0 aliphatic carbocycles. The highest BCUT2D eigenvalue weighted by molar-refractivity contribution is 9.10. The van der Waals surface area contributed by atoms with Crippen molar-refractivity contribution in [2.45, 2.75) is 18.9 Å². The summed E-state index contributed by atoms with van der Waals surface area (Å²) < 4.78 is 24.8. The Hall–Kier alpha value is -4.81. The Morgan fingerprint density at radius 1 is 1.09 bits per heavy atom. The highest BCUT2D eigenvalue weighted by atomic mass is 79.9. The highest BCUT2D eigenvalue weighted by Gasteiger charge is 2.30. The maximum atomic E-state index is 13.4. The number of fused-ring (bicyclic) bond motifs is 1. The van der Waals surface area contributed by atoms with Crippen LogP contribution < -0.4 is 25.6 Å². The van der Waals surface area contributed by atoms with Crippen molar-refractivity contribution in [2.24, 2.45) is 0 Å². The van der Waals surface area contributed by atoms with Crippen LogP contribution in [0.4, 0.5) is 33.8 Å². The number of piperidine rings is 1. The quantitative estimate of drug-likeness (QED) is 0.184. The van der Waals surface area contributed by atoms with Crippen LogP contribution in [-0.4, -0.2) is 75.5 Å². The van der Waals surface area contributed by atoms with Crippen LogP contribution in [0.3, 0.4) is 0 Å². The third kappa shape index (κ3) is 6.84. The number of carbonyl (C=O) groups excluding carboxylic acids is 1. The summed E-state index contributed by atoms with van der Waals surface area (Å²) in [6, 6.07) is 5.56. The standard InChI is InChI=1S/C32H33BrN9O4P/c1-5-20-18-25(30(45-2)40-29(20)41-15-10-21(11-16-41)42-14-6-7-17-46-32(42)43)38-31-36-19-22(33)28(39-31)37-24-9-8-23-26(35-13-12-34-23)27(24)47(3,4)44/h5-9,12-14,17-19,21H,1,10-11,15-16H2,2-4H3,(H2,36,37,38,39). The number of amides is 1. The van der Waals surface area contributed by atoms with Crippen molar-refractivity contribution in [1.82, 2.24) is 29.8 Å². The summed E-state index contributed by atoms with van der Waals surface area (Å²) in [4.78, 5) is 39.0. The van der Waals surface area contributed by atoms with Gasteiger partial charge in [0.1, 0.15) is 30.0 Å². The molecule has 3 aromatic heterocycles. The van der Waals surface area contributed by atoms with Crippen molar-refractivity contribution < 1.29 is 18.8 Å². The van der Waals surface area contributed by atoms with Crippen LogP contribution in [0.5, 0.6) is 5.88 Å². The van der Waals surface area contributed by atoms with Crippen LogP contribution in [0.15, 0.2) is 72.5 Å². The minimum absolute atomic E-state index is 0.0162. The molecule has 2 aliphatic heterocycles. The molecule has 0 unspecified atom stereocenters. The van der Waals surface area contributed by atoms with Gasteiger partial charge >= 0.3 is 6.09 Å². The van der Waals surface area contributed by atoms with Crippen molar-refractivity contribution in [3.63, 3.8) is 0 Å². The van der Waals surface area contributed by atoms with Gasteiger partial charge in [0, 0.05) is 49.5 Å². The molecule has 0 saturated carbocycles. The molecule has 0 atom stereocenters. The number of aromatic nitrogens is 5. The van der Waals surface area contributed by atoms with Gasteiger partial charge in [-0.25, -0.2) is 9.78 Å². The number of nitrogens with zero attached hydrogens (tertiary/aromatic N) is 7. The Morgan fingerprint density at radius 2 is 1.87 bits per heavy atom. The second kappa shape index (κ2) is 13.5. The number of anilines is 5. The predicted molar refractivity (Wildman–Crippen MR) is 188 cm³/mol. The normalized spacial score (nSPS) is 15.4. The maximum absolute atomic E-state index is 13.4. The molecule has 5 heterocycles. The summed E-state index contributed by atoms with van der Waals surface area (Å²) in [6.07, 6.45) is 14.3. The molecule has 15 heteroatoms. The maximum Gasteiger partial charge on any atom is 0.418 e. The molecular formula is C32H33BrN9O4P. The average molecular weight is 719 g/mol. The Labute approximate surface area is 280 Å². The smallest absolute Gasteiger partial charge is 0.418 e. The molecule has 1 fully saturated rings. The van der Waals surface area contributed by atoms with Gasteiger partial charge in [-0.1, -0.05) is 12.7 Å². The van der Waals surface area contributed by atoms with Gasteiger partial charge in [0.05, 0.1) is 34.4 Å². The number of pyridine rings is 1. The first kappa shape index (κ1) is 32.1. The van der Waals surface area contributed by atoms with Crippen molar-refractivity contribution in [1.29, 1.82) is 0 Å². The zero-order valence-electron chi connectivity index (χ0n) is 26.1. The summed E-state index contributed by atoms with van der Waals surface area (Å²) in [6.45, 7) is 8.77. The minimum atomic E-state index is -2.78. The summed E-state index contributed by atoms with van der Waals surface area (Å²) in [5, 5.41) is 7.13. The number of benzene rings is 1. The van der Waals surface area contributed by atoms with E-state index < -0.39 is 7.14 Å². The fraction of sp³-hybridized carbons (Fsp3) is 0.250. The van der Waals surface area contributed by atoms with Gasteiger partial charge in [0.15, 0.2) is 0 Å². The lowest BCUT2D eigenvalue weighted by Gasteiger charge is -2.37. The second-order valence-electron chi connectivity index (χ2n) is 11.2. The van der Waals surface area contributed by atoms with Crippen molar-refractivity contribution in [3.8, 4) is 5.88 Å². The number of methoxy groups -OCH3 is 1. The summed E-state index contributed by atoms with van der Waals surface area (Å²) in [7, 11) is -1.23. The average Bonchev–Trinajstić information content (AvgIpc) is 3.29. The van der Waals surface area contributed by atoms with Crippen LogP contribution in [-0.2, 0) is 9.30 Å². The van der Waals surface area contributed by atoms with Crippen LogP contribution >= 0.6 is 23.1 Å². The van der Waals surface area contributed by atoms with Crippen molar-refractivity contribution >= 4 is 80.5 Å². The zero-order chi connectivity index (χ0) is 33.1. The molecule has 6 rings (SSSR count). The van der Waals surface area contributed by atoms with Gasteiger partial charge in [-0.3, -0.25) is 14.9 Å². The third-order valence-electron chi connectivity index (χ3n) is 7.78. The first-order valence-electron chi connectivity index (χ1n) is 14.8. The number of allylic oxidation sites excluding steroid dienone is 2. The van der Waals surface area contributed by atoms with Crippen molar-refractivity contribution in [2.75, 3.05) is 49.1 Å². The van der Waals surface area contributed by atoms with E-state index in [2.05, 4.69) is 53.0 Å². The van der Waals surface area contributed by atoms with E-state index in [1.165, 1.54) is 6.26 Å². The van der Waals surface area contributed by atoms with Crippen LogP contribution in [0.25, 0.3) is 17.1 Å². The molecule has 0 bridgehead atoms. The van der Waals surface area contributed by atoms with Gasteiger partial charge in [0.25, 0.3) is 0 Å². The molecule has 1 amide bonds. The minimum Gasteiger partial charge on any atom is -0.479 e. The highest BCUT2D eigenvalue weighted by Crippen LogP contribution is 2.41. The molecule has 2 N–H and O–H groups in total. The molecule has 2 aliphatic rings. The molecular weight excluding hydrogens is 685 g/mol. The molecule has 1 aromatic carbocycles. The largest absolute Gasteiger partial charge is 0.479 e. The first-order chi connectivity index (χ1) is 22.7. The number of cyclic esters (lactones) is 1. The van der Waals surface area contributed by atoms with E-state index in [9.17, 15) is 9.36 Å². The lowest BCUT2D eigenvalue weighted by atomic mass is 10.0. The Balaban J connectivity index is 1.24. The number of halogens is 1. The van der Waals surface area contributed by atoms with E-state index in [1.807, 2.05) is 18.2 Å². The van der Waals surface area contributed by atoms with Crippen molar-refractivity contribution in [3.05, 3.63) is 78.0 Å². The third-order valence-corrected chi connectivity index (χ3v) is 9.89. The van der Waals surface area contributed by atoms with E-state index >= 15 is 0 Å². The zero-order valence-corrected chi connectivity index (χ0v) is 28.5. The molecule has 0 spiro atoms. The number of ether oxygens (including phenoxy) is 2. The number of rotatable bonds is 9. The SMILES string of the molecule is C=Cc1cc(Nc2ncc(Br)c(Nc3ccc4nccnc4c3P(C)(C)=O)n2)c(OC)nc1N1CCC(N2C=CC=COC2=O)CC1. The molecule has 13 nitrogen and oxygen atoms in total. The Bertz CT molecular complexity index is 1960. The van der Waals surface area contributed by atoms with E-state index in [0.717, 1.165) is 24.2 Å². The van der Waals surface area contributed by atoms with Gasteiger partial charge in [0.2, 0.25) is 11.8 Å². The fourth-order valence-electron chi connectivity index (χ4n) is 5.62. The fourth-order valence-corrected chi connectivity index (χ4v) is 7.30. The Kier molecular flexibility index (Phi) is 9.24. The number of nitrogens with one attached hydrogen (secondary N) is 2. The molecule has 0 radical (unpaired) electrons. The number of hydrogen-bond donors (Lipinski definition) is 2. The number of carbonyl (C=O) groups is 1. The summed E-state index contributed by atoms with van der Waals surface area (Å²) in [5.74, 6) is 1.82. The lowest BCUT2D eigenvalue weighted by molar-refractivity contribution is 0.134. The topological polar surface area (TPSA) is 148 Å². The Morgan fingerprint density at radius 3 is 2.62 bits per heavy atom. The van der Waals surface area contributed by atoms with E-state index in [1.54, 1.807) is 68.4 Å². The van der Waals surface area contributed by atoms with Gasteiger partial charge in [-0.2, -0.15) is 9.97 Å². The van der Waals surface area contributed by atoms with E-state index in [-0.39, 0.29) is 18.1 Å².